The van der Waals surface area contributed by atoms with Crippen molar-refractivity contribution in [3.8, 4) is 11.5 Å². The van der Waals surface area contributed by atoms with Gasteiger partial charge in [0.15, 0.2) is 18.3 Å². The van der Waals surface area contributed by atoms with Gasteiger partial charge in [-0.3, -0.25) is 0 Å². The number of hydrogen-bond donors (Lipinski definition) is 1. The van der Waals surface area contributed by atoms with Gasteiger partial charge in [0.2, 0.25) is 0 Å². The summed E-state index contributed by atoms with van der Waals surface area (Å²) in [6, 6.07) is 3.57. The molecule has 0 aliphatic carbocycles. The minimum Gasteiger partial charge on any atom is -0.490 e. The lowest BCUT2D eigenvalue weighted by atomic mass is 10.2. The Morgan fingerprint density at radius 1 is 1.24 bits per heavy atom. The number of halogens is 4. The molecule has 1 N–H and O–H groups in total. The first-order chi connectivity index (χ1) is 9.87. The minimum absolute atomic E-state index is 0.318. The molecular formula is C13H17BrF3NO3. The van der Waals surface area contributed by atoms with E-state index in [1.54, 1.807) is 12.1 Å². The number of benzene rings is 1. The van der Waals surface area contributed by atoms with E-state index in [9.17, 15) is 13.2 Å². The van der Waals surface area contributed by atoms with Crippen LogP contribution >= 0.6 is 15.9 Å². The van der Waals surface area contributed by atoms with E-state index in [1.165, 1.54) is 0 Å². The molecule has 0 heterocycles. The van der Waals surface area contributed by atoms with Gasteiger partial charge >= 0.3 is 6.18 Å². The van der Waals surface area contributed by atoms with Crippen molar-refractivity contribution >= 4 is 15.9 Å². The molecule has 0 radical (unpaired) electrons. The standard InChI is InChI=1S/C13H17BrF3NO3/c1-3-20-11-5-9(6-18-2)4-10(14)12(11)21-8-19-7-13(15,16)17/h4-5,18H,3,6-8H2,1-2H3. The van der Waals surface area contributed by atoms with Gasteiger partial charge in [0.1, 0.15) is 6.61 Å². The van der Waals surface area contributed by atoms with Crippen molar-refractivity contribution < 1.29 is 27.4 Å². The highest BCUT2D eigenvalue weighted by molar-refractivity contribution is 9.10. The first kappa shape index (κ1) is 18.1. The summed E-state index contributed by atoms with van der Waals surface area (Å²) in [7, 11) is 1.81. The van der Waals surface area contributed by atoms with Crippen molar-refractivity contribution in [2.24, 2.45) is 0 Å². The molecule has 0 aliphatic rings. The lowest BCUT2D eigenvalue weighted by Crippen LogP contribution is -2.19. The summed E-state index contributed by atoms with van der Waals surface area (Å²) in [5.74, 6) is 0.770. The molecule has 0 spiro atoms. The SMILES string of the molecule is CCOc1cc(CNC)cc(Br)c1OCOCC(F)(F)F. The second kappa shape index (κ2) is 8.45. The molecule has 1 rings (SSSR count). The van der Waals surface area contributed by atoms with Crippen LogP contribution in [0.5, 0.6) is 11.5 Å². The number of nitrogens with one attached hydrogen (secondary N) is 1. The molecule has 8 heteroatoms. The number of hydrogen-bond acceptors (Lipinski definition) is 4. The van der Waals surface area contributed by atoms with Crippen molar-refractivity contribution in [3.63, 3.8) is 0 Å². The van der Waals surface area contributed by atoms with Crippen LogP contribution in [-0.4, -0.2) is 33.2 Å². The molecule has 1 aromatic rings. The zero-order valence-corrected chi connectivity index (χ0v) is 13.3. The number of alkyl halides is 3. The van der Waals surface area contributed by atoms with Crippen molar-refractivity contribution in [2.45, 2.75) is 19.6 Å². The Morgan fingerprint density at radius 3 is 2.52 bits per heavy atom. The Morgan fingerprint density at radius 2 is 1.95 bits per heavy atom. The molecular weight excluding hydrogens is 355 g/mol. The topological polar surface area (TPSA) is 39.7 Å². The molecule has 0 unspecified atom stereocenters. The van der Waals surface area contributed by atoms with E-state index >= 15 is 0 Å². The average molecular weight is 372 g/mol. The molecule has 0 fully saturated rings. The van der Waals surface area contributed by atoms with Crippen LogP contribution in [0.1, 0.15) is 12.5 Å². The summed E-state index contributed by atoms with van der Waals surface area (Å²) >= 11 is 3.32. The van der Waals surface area contributed by atoms with Crippen molar-refractivity contribution in [2.75, 3.05) is 27.1 Å². The molecule has 0 bridgehead atoms. The van der Waals surface area contributed by atoms with Gasteiger partial charge in [0.25, 0.3) is 0 Å². The third-order valence-corrected chi connectivity index (χ3v) is 2.89. The van der Waals surface area contributed by atoms with Gasteiger partial charge in [-0.1, -0.05) is 0 Å². The van der Waals surface area contributed by atoms with Gasteiger partial charge in [-0.05, 0) is 47.6 Å². The lowest BCUT2D eigenvalue weighted by molar-refractivity contribution is -0.186. The van der Waals surface area contributed by atoms with Gasteiger partial charge in [0.05, 0.1) is 11.1 Å². The normalized spacial score (nSPS) is 11.5. The Hall–Kier alpha value is -0.990. The fourth-order valence-corrected chi connectivity index (χ4v) is 2.19. The van der Waals surface area contributed by atoms with Gasteiger partial charge in [-0.2, -0.15) is 13.2 Å². The van der Waals surface area contributed by atoms with Crippen LogP contribution in [0, 0.1) is 0 Å². The maximum absolute atomic E-state index is 12.0. The van der Waals surface area contributed by atoms with Crippen LogP contribution in [0.3, 0.4) is 0 Å². The van der Waals surface area contributed by atoms with Crippen molar-refractivity contribution in [1.82, 2.24) is 5.32 Å². The zero-order chi connectivity index (χ0) is 15.9. The predicted molar refractivity (Wildman–Crippen MR) is 75.6 cm³/mol. The predicted octanol–water partition coefficient (Wildman–Crippen LogP) is 3.48. The molecule has 0 saturated heterocycles. The molecule has 0 aromatic heterocycles. The lowest BCUT2D eigenvalue weighted by Gasteiger charge is -2.16. The Balaban J connectivity index is 2.75. The van der Waals surface area contributed by atoms with E-state index in [2.05, 4.69) is 26.0 Å². The maximum atomic E-state index is 12.0. The summed E-state index contributed by atoms with van der Waals surface area (Å²) in [6.07, 6.45) is -4.38. The smallest absolute Gasteiger partial charge is 0.411 e. The summed E-state index contributed by atoms with van der Waals surface area (Å²) in [5.41, 5.74) is 0.955. The zero-order valence-electron chi connectivity index (χ0n) is 11.7. The van der Waals surface area contributed by atoms with E-state index < -0.39 is 19.6 Å². The minimum atomic E-state index is -4.38. The molecule has 21 heavy (non-hydrogen) atoms. The fourth-order valence-electron chi connectivity index (χ4n) is 1.59. The van der Waals surface area contributed by atoms with Crippen LogP contribution in [-0.2, 0) is 11.3 Å². The van der Waals surface area contributed by atoms with E-state index in [1.807, 2.05) is 14.0 Å². The summed E-state index contributed by atoms with van der Waals surface area (Å²) < 4.78 is 51.6. The third-order valence-electron chi connectivity index (χ3n) is 2.30. The third kappa shape index (κ3) is 6.54. The molecule has 0 aliphatic heterocycles. The monoisotopic (exact) mass is 371 g/mol. The van der Waals surface area contributed by atoms with Crippen LogP contribution in [0.2, 0.25) is 0 Å². The molecule has 0 saturated carbocycles. The fraction of sp³-hybridized carbons (Fsp3) is 0.538. The van der Waals surface area contributed by atoms with Crippen molar-refractivity contribution in [1.29, 1.82) is 0 Å². The molecule has 120 valence electrons. The molecule has 0 amide bonds. The van der Waals surface area contributed by atoms with Gasteiger partial charge in [-0.15, -0.1) is 0 Å². The Kier molecular flexibility index (Phi) is 7.27. The van der Waals surface area contributed by atoms with Crippen LogP contribution in [0.15, 0.2) is 16.6 Å². The van der Waals surface area contributed by atoms with Crippen LogP contribution < -0.4 is 14.8 Å². The average Bonchev–Trinajstić information content (AvgIpc) is 2.36. The van der Waals surface area contributed by atoms with Crippen LogP contribution in [0.4, 0.5) is 13.2 Å². The van der Waals surface area contributed by atoms with Crippen LogP contribution in [0.25, 0.3) is 0 Å². The Bertz CT molecular complexity index is 455. The largest absolute Gasteiger partial charge is 0.490 e. The molecule has 1 aromatic carbocycles. The van der Waals surface area contributed by atoms with Gasteiger partial charge in [-0.25, -0.2) is 0 Å². The number of ether oxygens (including phenoxy) is 3. The van der Waals surface area contributed by atoms with Gasteiger partial charge < -0.3 is 19.5 Å². The van der Waals surface area contributed by atoms with E-state index in [-0.39, 0.29) is 0 Å². The molecule has 0 atom stereocenters. The second-order valence-corrected chi connectivity index (χ2v) is 4.95. The summed E-state index contributed by atoms with van der Waals surface area (Å²) in [4.78, 5) is 0. The summed E-state index contributed by atoms with van der Waals surface area (Å²) in [5, 5.41) is 3.00. The van der Waals surface area contributed by atoms with E-state index in [0.29, 0.717) is 29.1 Å². The Labute approximate surface area is 129 Å². The highest BCUT2D eigenvalue weighted by atomic mass is 79.9. The van der Waals surface area contributed by atoms with E-state index in [0.717, 1.165) is 5.56 Å². The quantitative estimate of drug-likeness (QED) is 0.560. The highest BCUT2D eigenvalue weighted by Crippen LogP contribution is 2.37. The second-order valence-electron chi connectivity index (χ2n) is 4.09. The number of rotatable bonds is 8. The maximum Gasteiger partial charge on any atom is 0.411 e. The first-order valence-electron chi connectivity index (χ1n) is 6.24. The summed E-state index contributed by atoms with van der Waals surface area (Å²) in [6.45, 7) is 0.983. The highest BCUT2D eigenvalue weighted by Gasteiger charge is 2.27. The first-order valence-corrected chi connectivity index (χ1v) is 7.03. The van der Waals surface area contributed by atoms with E-state index in [4.69, 9.17) is 9.47 Å². The molecule has 4 nitrogen and oxygen atoms in total. The van der Waals surface area contributed by atoms with Gasteiger partial charge in [0, 0.05) is 6.54 Å². The van der Waals surface area contributed by atoms with Crippen molar-refractivity contribution in [3.05, 3.63) is 22.2 Å².